The third-order valence-corrected chi connectivity index (χ3v) is 3.36. The van der Waals surface area contributed by atoms with E-state index in [1.165, 1.54) is 11.9 Å². The van der Waals surface area contributed by atoms with Crippen molar-refractivity contribution in [2.24, 2.45) is 0 Å². The van der Waals surface area contributed by atoms with Crippen LogP contribution in [0.5, 0.6) is 11.6 Å². The molecule has 1 heterocycles. The van der Waals surface area contributed by atoms with E-state index in [4.69, 9.17) is 4.74 Å². The van der Waals surface area contributed by atoms with Gasteiger partial charge < -0.3 is 10.1 Å². The highest BCUT2D eigenvalue weighted by atomic mass is 16.5. The van der Waals surface area contributed by atoms with E-state index in [0.717, 1.165) is 30.1 Å². The minimum absolute atomic E-state index is 0.518. The Morgan fingerprint density at radius 2 is 1.81 bits per heavy atom. The molecule has 0 saturated heterocycles. The highest BCUT2D eigenvalue weighted by Gasteiger charge is 2.11. The fraction of sp³-hybridized carbons (Fsp3) is 0.412. The Morgan fingerprint density at radius 3 is 2.38 bits per heavy atom. The molecule has 0 atom stereocenters. The highest BCUT2D eigenvalue weighted by molar-refractivity contribution is 5.49. The Morgan fingerprint density at radius 1 is 1.10 bits per heavy atom. The lowest BCUT2D eigenvalue weighted by atomic mass is 10.0. The lowest BCUT2D eigenvalue weighted by molar-refractivity contribution is 0.455. The van der Waals surface area contributed by atoms with Crippen LogP contribution in [0.4, 0.5) is 5.82 Å². The van der Waals surface area contributed by atoms with Crippen molar-refractivity contribution in [2.45, 2.75) is 40.0 Å². The van der Waals surface area contributed by atoms with Gasteiger partial charge in [0.15, 0.2) is 0 Å². The molecule has 0 amide bonds. The topological polar surface area (TPSA) is 47.0 Å². The number of nitrogens with zero attached hydrogens (tertiary/aromatic N) is 2. The number of aromatic nitrogens is 2. The van der Waals surface area contributed by atoms with Crippen LogP contribution in [0, 0.1) is 0 Å². The van der Waals surface area contributed by atoms with Gasteiger partial charge >= 0.3 is 0 Å². The molecule has 0 saturated carbocycles. The maximum Gasteiger partial charge on any atom is 0.227 e. The Labute approximate surface area is 126 Å². The maximum atomic E-state index is 5.93. The first-order valence-corrected chi connectivity index (χ1v) is 7.51. The number of nitrogens with one attached hydrogen (secondary N) is 1. The lowest BCUT2D eigenvalue weighted by Crippen LogP contribution is -2.05. The molecule has 4 nitrogen and oxygen atoms in total. The van der Waals surface area contributed by atoms with Gasteiger partial charge in [-0.15, -0.1) is 0 Å². The van der Waals surface area contributed by atoms with Crippen LogP contribution >= 0.6 is 0 Å². The van der Waals surface area contributed by atoms with Crippen LogP contribution < -0.4 is 10.1 Å². The Hall–Kier alpha value is -2.10. The molecule has 112 valence electrons. The molecule has 21 heavy (non-hydrogen) atoms. The van der Waals surface area contributed by atoms with Gasteiger partial charge in [0.2, 0.25) is 5.88 Å². The van der Waals surface area contributed by atoms with Crippen molar-refractivity contribution in [3.05, 3.63) is 41.7 Å². The van der Waals surface area contributed by atoms with E-state index in [1.807, 2.05) is 19.1 Å². The van der Waals surface area contributed by atoms with E-state index in [0.29, 0.717) is 11.8 Å². The second-order valence-corrected chi connectivity index (χ2v) is 5.22. The molecular weight excluding hydrogens is 262 g/mol. The van der Waals surface area contributed by atoms with Crippen LogP contribution in [0.25, 0.3) is 0 Å². The number of rotatable bonds is 6. The van der Waals surface area contributed by atoms with Gasteiger partial charge in [-0.25, -0.2) is 9.97 Å². The second-order valence-electron chi connectivity index (χ2n) is 5.22. The molecule has 0 bridgehead atoms. The predicted octanol–water partition coefficient (Wildman–Crippen LogP) is 4.39. The number of hydrogen-bond donors (Lipinski definition) is 1. The Bertz CT molecular complexity index is 579. The van der Waals surface area contributed by atoms with Crippen LogP contribution in [0.1, 0.15) is 44.7 Å². The molecule has 0 unspecified atom stereocenters. The van der Waals surface area contributed by atoms with Crippen LogP contribution in [0.2, 0.25) is 0 Å². The molecule has 4 heteroatoms. The van der Waals surface area contributed by atoms with Crippen LogP contribution in [-0.4, -0.2) is 16.5 Å². The van der Waals surface area contributed by atoms with E-state index in [1.54, 1.807) is 0 Å². The Kier molecular flexibility index (Phi) is 5.14. The molecule has 0 aliphatic rings. The van der Waals surface area contributed by atoms with E-state index < -0.39 is 0 Å². The number of benzene rings is 1. The van der Waals surface area contributed by atoms with Gasteiger partial charge in [0, 0.05) is 6.54 Å². The van der Waals surface area contributed by atoms with Crippen LogP contribution in [0.3, 0.4) is 0 Å². The van der Waals surface area contributed by atoms with Crippen molar-refractivity contribution in [2.75, 3.05) is 11.9 Å². The molecule has 0 spiro atoms. The first-order valence-electron chi connectivity index (χ1n) is 7.51. The van der Waals surface area contributed by atoms with Crippen molar-refractivity contribution in [1.29, 1.82) is 0 Å². The summed E-state index contributed by atoms with van der Waals surface area (Å²) in [5.41, 5.74) is 2.31. The third-order valence-electron chi connectivity index (χ3n) is 3.36. The number of hydrogen-bond acceptors (Lipinski definition) is 4. The zero-order chi connectivity index (χ0) is 15.2. The zero-order valence-electron chi connectivity index (χ0n) is 13.2. The van der Waals surface area contributed by atoms with Crippen molar-refractivity contribution >= 4 is 5.82 Å². The van der Waals surface area contributed by atoms with E-state index in [-0.39, 0.29) is 0 Å². The van der Waals surface area contributed by atoms with Gasteiger partial charge in [0.1, 0.15) is 17.9 Å². The summed E-state index contributed by atoms with van der Waals surface area (Å²) in [6.45, 7) is 9.31. The fourth-order valence-corrected chi connectivity index (χ4v) is 2.15. The molecule has 0 fully saturated rings. The molecular formula is C17H23N3O. The zero-order valence-corrected chi connectivity index (χ0v) is 13.2. The molecule has 1 aromatic heterocycles. The van der Waals surface area contributed by atoms with Gasteiger partial charge in [0.25, 0.3) is 0 Å². The van der Waals surface area contributed by atoms with Gasteiger partial charge in [0.05, 0.1) is 5.56 Å². The van der Waals surface area contributed by atoms with E-state index >= 15 is 0 Å². The lowest BCUT2D eigenvalue weighted by Gasteiger charge is -2.13. The molecule has 0 radical (unpaired) electrons. The molecule has 1 aromatic carbocycles. The molecule has 2 aromatic rings. The fourth-order valence-electron chi connectivity index (χ4n) is 2.15. The molecule has 0 aliphatic heterocycles. The normalized spacial score (nSPS) is 10.7. The monoisotopic (exact) mass is 285 g/mol. The second kappa shape index (κ2) is 7.07. The van der Waals surface area contributed by atoms with Gasteiger partial charge in [-0.3, -0.25) is 0 Å². The summed E-state index contributed by atoms with van der Waals surface area (Å²) in [6.07, 6.45) is 2.36. The van der Waals surface area contributed by atoms with Crippen molar-refractivity contribution in [3.63, 3.8) is 0 Å². The number of anilines is 1. The first kappa shape index (κ1) is 15.3. The summed E-state index contributed by atoms with van der Waals surface area (Å²) < 4.78 is 5.93. The van der Waals surface area contributed by atoms with Gasteiger partial charge in [-0.05, 0) is 37.0 Å². The average Bonchev–Trinajstić information content (AvgIpc) is 2.48. The minimum Gasteiger partial charge on any atom is -0.439 e. The van der Waals surface area contributed by atoms with Crippen molar-refractivity contribution in [3.8, 4) is 11.6 Å². The standard InChI is InChI=1S/C17H23N3O/c1-5-15-16(18-6-2)19-11-20-17(15)21-14-9-7-13(8-10-14)12(3)4/h7-12H,5-6H2,1-4H3,(H,18,19,20). The van der Waals surface area contributed by atoms with Gasteiger partial charge in [-0.1, -0.05) is 32.9 Å². The quantitative estimate of drug-likeness (QED) is 0.855. The largest absolute Gasteiger partial charge is 0.439 e. The maximum absolute atomic E-state index is 5.93. The summed E-state index contributed by atoms with van der Waals surface area (Å²) in [5, 5.41) is 3.25. The van der Waals surface area contributed by atoms with Gasteiger partial charge in [-0.2, -0.15) is 0 Å². The summed E-state index contributed by atoms with van der Waals surface area (Å²) in [7, 11) is 0. The van der Waals surface area contributed by atoms with Crippen LogP contribution in [-0.2, 0) is 6.42 Å². The average molecular weight is 285 g/mol. The summed E-state index contributed by atoms with van der Waals surface area (Å²) >= 11 is 0. The van der Waals surface area contributed by atoms with Crippen LogP contribution in [0.15, 0.2) is 30.6 Å². The first-order chi connectivity index (χ1) is 10.2. The SMILES string of the molecule is CCNc1ncnc(Oc2ccc(C(C)C)cc2)c1CC. The van der Waals surface area contributed by atoms with Crippen molar-refractivity contribution < 1.29 is 4.74 Å². The third kappa shape index (κ3) is 3.72. The molecule has 0 aliphatic carbocycles. The smallest absolute Gasteiger partial charge is 0.227 e. The van der Waals surface area contributed by atoms with Crippen molar-refractivity contribution in [1.82, 2.24) is 9.97 Å². The Balaban J connectivity index is 2.24. The minimum atomic E-state index is 0.518. The molecule has 2 rings (SSSR count). The summed E-state index contributed by atoms with van der Waals surface area (Å²) in [4.78, 5) is 8.55. The highest BCUT2D eigenvalue weighted by Crippen LogP contribution is 2.28. The van der Waals surface area contributed by atoms with E-state index in [9.17, 15) is 0 Å². The predicted molar refractivity (Wildman–Crippen MR) is 86.2 cm³/mol. The molecule has 1 N–H and O–H groups in total. The number of ether oxygens (including phenoxy) is 1. The summed E-state index contributed by atoms with van der Waals surface area (Å²) in [6, 6.07) is 8.17. The van der Waals surface area contributed by atoms with E-state index in [2.05, 4.69) is 48.2 Å². The summed E-state index contributed by atoms with van der Waals surface area (Å²) in [5.74, 6) is 2.80.